The molecule has 114 valence electrons. The molecule has 0 aliphatic heterocycles. The first-order valence-electron chi connectivity index (χ1n) is 7.02. The molecule has 0 aliphatic rings. The molecule has 0 bridgehead atoms. The number of fused-ring (bicyclic) bond motifs is 1. The van der Waals surface area contributed by atoms with Crippen molar-refractivity contribution in [3.8, 4) is 0 Å². The number of ether oxygens (including phenoxy) is 1. The Morgan fingerprint density at radius 3 is 2.52 bits per heavy atom. The van der Waals surface area contributed by atoms with Crippen molar-refractivity contribution in [1.82, 2.24) is 4.98 Å². The van der Waals surface area contributed by atoms with Gasteiger partial charge in [0, 0.05) is 17.3 Å². The summed E-state index contributed by atoms with van der Waals surface area (Å²) in [5, 5.41) is 4.84. The van der Waals surface area contributed by atoms with E-state index in [1.165, 1.54) is 25.4 Å². The largest absolute Gasteiger partial charge is 0.465 e. The number of rotatable bonds is 3. The number of hydrogen-bond donors (Lipinski definition) is 1. The molecule has 0 atom stereocenters. The van der Waals surface area contributed by atoms with Crippen molar-refractivity contribution in [2.45, 2.75) is 0 Å². The molecule has 3 rings (SSSR count). The first kappa shape index (κ1) is 14.7. The first-order valence-corrected chi connectivity index (χ1v) is 7.02. The van der Waals surface area contributed by atoms with Crippen molar-refractivity contribution in [3.05, 3.63) is 72.1 Å². The summed E-state index contributed by atoms with van der Waals surface area (Å²) in [7, 11) is 1.30. The van der Waals surface area contributed by atoms with Crippen LogP contribution in [0.4, 0.5) is 5.69 Å². The molecule has 0 saturated heterocycles. The molecule has 1 aromatic heterocycles. The van der Waals surface area contributed by atoms with Crippen LogP contribution in [0.15, 0.2) is 60.8 Å². The number of carbonyl (C=O) groups excluding carboxylic acids is 2. The minimum atomic E-state index is -0.487. The van der Waals surface area contributed by atoms with Crippen molar-refractivity contribution in [2.24, 2.45) is 0 Å². The van der Waals surface area contributed by atoms with Crippen LogP contribution in [-0.2, 0) is 4.74 Å². The number of nitrogens with one attached hydrogen (secondary N) is 1. The Balaban J connectivity index is 1.85. The van der Waals surface area contributed by atoms with Gasteiger partial charge in [-0.25, -0.2) is 4.79 Å². The van der Waals surface area contributed by atoms with Gasteiger partial charge in [-0.2, -0.15) is 0 Å². The molecule has 1 heterocycles. The molecular weight excluding hydrogens is 292 g/mol. The molecule has 0 radical (unpaired) electrons. The van der Waals surface area contributed by atoms with E-state index in [1.54, 1.807) is 0 Å². The van der Waals surface area contributed by atoms with Gasteiger partial charge in [-0.15, -0.1) is 0 Å². The molecule has 0 aliphatic carbocycles. The van der Waals surface area contributed by atoms with Crippen LogP contribution in [0.5, 0.6) is 0 Å². The molecule has 3 aromatic rings. The number of benzene rings is 2. The Hall–Kier alpha value is -3.21. The van der Waals surface area contributed by atoms with E-state index < -0.39 is 5.97 Å². The van der Waals surface area contributed by atoms with E-state index in [4.69, 9.17) is 0 Å². The number of pyridine rings is 1. The van der Waals surface area contributed by atoms with Crippen LogP contribution in [-0.4, -0.2) is 24.0 Å². The zero-order valence-electron chi connectivity index (χ0n) is 12.4. The second-order valence-electron chi connectivity index (χ2n) is 4.90. The summed E-state index contributed by atoms with van der Waals surface area (Å²) >= 11 is 0. The van der Waals surface area contributed by atoms with Gasteiger partial charge in [-0.05, 0) is 23.6 Å². The van der Waals surface area contributed by atoms with E-state index >= 15 is 0 Å². The van der Waals surface area contributed by atoms with Crippen LogP contribution in [0.1, 0.15) is 20.8 Å². The summed E-state index contributed by atoms with van der Waals surface area (Å²) in [5.41, 5.74) is 1.24. The third-order valence-corrected chi connectivity index (χ3v) is 3.46. The number of nitrogens with zero attached hydrogens (tertiary/aromatic N) is 1. The fraction of sp³-hybridized carbons (Fsp3) is 0.0556. The number of hydrogen-bond acceptors (Lipinski definition) is 4. The summed E-state index contributed by atoms with van der Waals surface area (Å²) in [5.74, 6) is -0.823. The first-order chi connectivity index (χ1) is 11.2. The minimum absolute atomic E-state index is 0.227. The Labute approximate surface area is 132 Å². The number of aromatic nitrogens is 1. The van der Waals surface area contributed by atoms with Crippen molar-refractivity contribution in [3.63, 3.8) is 0 Å². The summed E-state index contributed by atoms with van der Waals surface area (Å²) in [6, 6.07) is 16.5. The smallest absolute Gasteiger partial charge is 0.339 e. The molecule has 0 fully saturated rings. The molecule has 2 aromatic carbocycles. The second-order valence-corrected chi connectivity index (χ2v) is 4.90. The predicted octanol–water partition coefficient (Wildman–Crippen LogP) is 3.27. The maximum absolute atomic E-state index is 12.3. The fourth-order valence-corrected chi connectivity index (χ4v) is 2.29. The van der Waals surface area contributed by atoms with E-state index in [9.17, 15) is 9.59 Å². The van der Waals surface area contributed by atoms with Crippen LogP contribution in [0.3, 0.4) is 0 Å². The molecule has 0 saturated carbocycles. The number of methoxy groups -OCH3 is 1. The van der Waals surface area contributed by atoms with Crippen molar-refractivity contribution in [1.29, 1.82) is 0 Å². The van der Waals surface area contributed by atoms with Gasteiger partial charge in [0.1, 0.15) is 5.69 Å². The molecule has 0 spiro atoms. The van der Waals surface area contributed by atoms with Crippen LogP contribution in [0, 0.1) is 0 Å². The van der Waals surface area contributed by atoms with E-state index in [0.717, 1.165) is 10.8 Å². The number of anilines is 1. The van der Waals surface area contributed by atoms with Gasteiger partial charge in [0.2, 0.25) is 0 Å². The lowest BCUT2D eigenvalue weighted by atomic mass is 10.1. The predicted molar refractivity (Wildman–Crippen MR) is 87.5 cm³/mol. The minimum Gasteiger partial charge on any atom is -0.465 e. The third kappa shape index (κ3) is 3.03. The maximum Gasteiger partial charge on any atom is 0.339 e. The fourth-order valence-electron chi connectivity index (χ4n) is 2.29. The average molecular weight is 306 g/mol. The monoisotopic (exact) mass is 306 g/mol. The molecule has 5 heteroatoms. The molecular formula is C18H14N2O3. The van der Waals surface area contributed by atoms with Crippen LogP contribution in [0.25, 0.3) is 10.8 Å². The van der Waals surface area contributed by atoms with Gasteiger partial charge >= 0.3 is 5.97 Å². The number of amides is 1. The SMILES string of the molecule is COC(=O)c1ccc(C(=O)Nc2cccc3ccccc23)nc1. The zero-order chi connectivity index (χ0) is 16.2. The molecule has 5 nitrogen and oxygen atoms in total. The van der Waals surface area contributed by atoms with Gasteiger partial charge < -0.3 is 10.1 Å². The summed E-state index contributed by atoms with van der Waals surface area (Å²) in [6.07, 6.45) is 1.32. The topological polar surface area (TPSA) is 68.3 Å². The lowest BCUT2D eigenvalue weighted by Crippen LogP contribution is -2.14. The van der Waals surface area contributed by atoms with E-state index in [2.05, 4.69) is 15.0 Å². The lowest BCUT2D eigenvalue weighted by Gasteiger charge is -2.08. The second kappa shape index (κ2) is 6.27. The van der Waals surface area contributed by atoms with E-state index in [1.807, 2.05) is 42.5 Å². The molecule has 0 unspecified atom stereocenters. The third-order valence-electron chi connectivity index (χ3n) is 3.46. The van der Waals surface area contributed by atoms with Gasteiger partial charge in [0.15, 0.2) is 0 Å². The zero-order valence-corrected chi connectivity index (χ0v) is 12.4. The van der Waals surface area contributed by atoms with Crippen molar-refractivity contribution >= 4 is 28.3 Å². The van der Waals surface area contributed by atoms with Gasteiger partial charge in [-0.3, -0.25) is 9.78 Å². The Bertz CT molecular complexity index is 868. The Kier molecular flexibility index (Phi) is 4.01. The van der Waals surface area contributed by atoms with Crippen LogP contribution in [0.2, 0.25) is 0 Å². The van der Waals surface area contributed by atoms with Gasteiger partial charge in [0.25, 0.3) is 5.91 Å². The summed E-state index contributed by atoms with van der Waals surface area (Å²) < 4.78 is 4.60. The Morgan fingerprint density at radius 1 is 1.00 bits per heavy atom. The quantitative estimate of drug-likeness (QED) is 0.754. The highest BCUT2D eigenvalue weighted by Crippen LogP contribution is 2.23. The average Bonchev–Trinajstić information content (AvgIpc) is 2.61. The summed E-state index contributed by atoms with van der Waals surface area (Å²) in [6.45, 7) is 0. The normalized spacial score (nSPS) is 10.3. The van der Waals surface area contributed by atoms with Gasteiger partial charge in [0.05, 0.1) is 12.7 Å². The highest BCUT2D eigenvalue weighted by atomic mass is 16.5. The highest BCUT2D eigenvalue weighted by molar-refractivity contribution is 6.08. The van der Waals surface area contributed by atoms with Crippen molar-refractivity contribution < 1.29 is 14.3 Å². The van der Waals surface area contributed by atoms with Crippen LogP contribution >= 0.6 is 0 Å². The van der Waals surface area contributed by atoms with Crippen LogP contribution < -0.4 is 5.32 Å². The summed E-state index contributed by atoms with van der Waals surface area (Å²) in [4.78, 5) is 27.7. The number of esters is 1. The lowest BCUT2D eigenvalue weighted by molar-refractivity contribution is 0.0600. The maximum atomic E-state index is 12.3. The Morgan fingerprint density at radius 2 is 1.78 bits per heavy atom. The molecule has 23 heavy (non-hydrogen) atoms. The van der Waals surface area contributed by atoms with E-state index in [-0.39, 0.29) is 11.6 Å². The van der Waals surface area contributed by atoms with Crippen molar-refractivity contribution in [2.75, 3.05) is 12.4 Å². The van der Waals surface area contributed by atoms with E-state index in [0.29, 0.717) is 11.3 Å². The van der Waals surface area contributed by atoms with Gasteiger partial charge in [-0.1, -0.05) is 36.4 Å². The highest BCUT2D eigenvalue weighted by Gasteiger charge is 2.11. The number of carbonyl (C=O) groups is 2. The molecule has 1 N–H and O–H groups in total. The standard InChI is InChI=1S/C18H14N2O3/c1-23-18(22)13-9-10-16(19-11-13)17(21)20-15-8-4-6-12-5-2-3-7-14(12)15/h2-11H,1H3,(H,20,21). The molecule has 1 amide bonds.